The molecule has 0 heterocycles. The van der Waals surface area contributed by atoms with Crippen LogP contribution in [0.3, 0.4) is 0 Å². The number of ether oxygens (including phenoxy) is 1. The molecular weight excluding hydrogens is 192 g/mol. The molecule has 0 aromatic carbocycles. The summed E-state index contributed by atoms with van der Waals surface area (Å²) in [5.41, 5.74) is 0. The van der Waals surface area contributed by atoms with Crippen LogP contribution < -0.4 is 5.32 Å². The summed E-state index contributed by atoms with van der Waals surface area (Å²) in [7, 11) is 1.66. The fourth-order valence-corrected chi connectivity index (χ4v) is 1.54. The standard InChI is InChI=1S/C11H24N2O2/c1-5-7-12-8-11(14)13(6-2)10(3)9-15-4/h10,12H,5-9H2,1-4H3. The van der Waals surface area contributed by atoms with Gasteiger partial charge in [0.1, 0.15) is 0 Å². The second-order valence-electron chi connectivity index (χ2n) is 3.66. The zero-order chi connectivity index (χ0) is 11.7. The summed E-state index contributed by atoms with van der Waals surface area (Å²) in [6, 6.07) is 0.149. The third-order valence-electron chi connectivity index (χ3n) is 2.30. The van der Waals surface area contributed by atoms with E-state index in [1.807, 2.05) is 18.7 Å². The molecule has 1 atom stereocenters. The summed E-state index contributed by atoms with van der Waals surface area (Å²) in [5, 5.41) is 3.11. The third-order valence-corrected chi connectivity index (χ3v) is 2.30. The summed E-state index contributed by atoms with van der Waals surface area (Å²) >= 11 is 0. The van der Waals surface area contributed by atoms with Crippen molar-refractivity contribution in [1.82, 2.24) is 10.2 Å². The zero-order valence-corrected chi connectivity index (χ0v) is 10.4. The highest BCUT2D eigenvalue weighted by Gasteiger charge is 2.17. The number of amides is 1. The predicted molar refractivity (Wildman–Crippen MR) is 61.9 cm³/mol. The highest BCUT2D eigenvalue weighted by atomic mass is 16.5. The molecule has 1 amide bonds. The minimum absolute atomic E-state index is 0.149. The van der Waals surface area contributed by atoms with Gasteiger partial charge in [-0.15, -0.1) is 0 Å². The average molecular weight is 216 g/mol. The summed E-state index contributed by atoms with van der Waals surface area (Å²) in [5.74, 6) is 0.149. The van der Waals surface area contributed by atoms with E-state index in [4.69, 9.17) is 4.74 Å². The highest BCUT2D eigenvalue weighted by molar-refractivity contribution is 5.78. The fraction of sp³-hybridized carbons (Fsp3) is 0.909. The third kappa shape index (κ3) is 5.74. The van der Waals surface area contributed by atoms with Gasteiger partial charge >= 0.3 is 0 Å². The van der Waals surface area contributed by atoms with Gasteiger partial charge in [-0.1, -0.05) is 6.92 Å². The average Bonchev–Trinajstić information content (AvgIpc) is 2.19. The Morgan fingerprint density at radius 1 is 1.47 bits per heavy atom. The lowest BCUT2D eigenvalue weighted by atomic mass is 10.3. The van der Waals surface area contributed by atoms with E-state index in [-0.39, 0.29) is 11.9 Å². The second kappa shape index (κ2) is 8.68. The Kier molecular flexibility index (Phi) is 8.33. The molecular formula is C11H24N2O2. The van der Waals surface area contributed by atoms with Gasteiger partial charge in [0, 0.05) is 13.7 Å². The van der Waals surface area contributed by atoms with Crippen LogP contribution in [-0.2, 0) is 9.53 Å². The number of nitrogens with one attached hydrogen (secondary N) is 1. The molecule has 0 radical (unpaired) electrons. The molecule has 0 aromatic heterocycles. The minimum Gasteiger partial charge on any atom is -0.383 e. The van der Waals surface area contributed by atoms with Crippen molar-refractivity contribution in [3.05, 3.63) is 0 Å². The first kappa shape index (κ1) is 14.4. The Morgan fingerprint density at radius 2 is 2.13 bits per heavy atom. The Balaban J connectivity index is 3.97. The molecule has 0 bridgehead atoms. The maximum Gasteiger partial charge on any atom is 0.236 e. The SMILES string of the molecule is CCCNCC(=O)N(CC)C(C)COC. The number of carbonyl (C=O) groups excluding carboxylic acids is 1. The lowest BCUT2D eigenvalue weighted by molar-refractivity contribution is -0.133. The summed E-state index contributed by atoms with van der Waals surface area (Å²) < 4.78 is 5.05. The van der Waals surface area contributed by atoms with Gasteiger partial charge < -0.3 is 15.0 Å². The molecule has 0 fully saturated rings. The van der Waals surface area contributed by atoms with E-state index in [0.717, 1.165) is 19.5 Å². The van der Waals surface area contributed by atoms with Crippen molar-refractivity contribution in [1.29, 1.82) is 0 Å². The number of carbonyl (C=O) groups is 1. The maximum atomic E-state index is 11.8. The zero-order valence-electron chi connectivity index (χ0n) is 10.4. The lowest BCUT2D eigenvalue weighted by Gasteiger charge is -2.27. The van der Waals surface area contributed by atoms with E-state index in [9.17, 15) is 4.79 Å². The number of likely N-dealkylation sites (N-methyl/N-ethyl adjacent to an activating group) is 1. The van der Waals surface area contributed by atoms with Gasteiger partial charge in [-0.25, -0.2) is 0 Å². The molecule has 0 aliphatic heterocycles. The molecule has 0 saturated heterocycles. The Morgan fingerprint density at radius 3 is 2.60 bits per heavy atom. The molecule has 4 nitrogen and oxygen atoms in total. The van der Waals surface area contributed by atoms with Gasteiger partial charge in [0.05, 0.1) is 19.2 Å². The first-order valence-corrected chi connectivity index (χ1v) is 5.66. The van der Waals surface area contributed by atoms with Crippen LogP contribution in [-0.4, -0.2) is 50.2 Å². The second-order valence-corrected chi connectivity index (χ2v) is 3.66. The van der Waals surface area contributed by atoms with Crippen molar-refractivity contribution in [2.24, 2.45) is 0 Å². The van der Waals surface area contributed by atoms with Gasteiger partial charge in [0.15, 0.2) is 0 Å². The van der Waals surface area contributed by atoms with E-state index >= 15 is 0 Å². The summed E-state index contributed by atoms with van der Waals surface area (Å²) in [6.07, 6.45) is 1.05. The van der Waals surface area contributed by atoms with Crippen LogP contribution in [0.5, 0.6) is 0 Å². The van der Waals surface area contributed by atoms with E-state index in [1.54, 1.807) is 7.11 Å². The summed E-state index contributed by atoms with van der Waals surface area (Å²) in [4.78, 5) is 13.6. The van der Waals surface area contributed by atoms with Gasteiger partial charge in [-0.05, 0) is 26.8 Å². The molecule has 4 heteroatoms. The first-order valence-electron chi connectivity index (χ1n) is 5.66. The molecule has 0 rings (SSSR count). The van der Waals surface area contributed by atoms with Crippen LogP contribution in [0.2, 0.25) is 0 Å². The quantitative estimate of drug-likeness (QED) is 0.612. The normalized spacial score (nSPS) is 12.5. The van der Waals surface area contributed by atoms with Crippen molar-refractivity contribution in [3.8, 4) is 0 Å². The van der Waals surface area contributed by atoms with Gasteiger partial charge in [0.25, 0.3) is 0 Å². The number of rotatable bonds is 8. The van der Waals surface area contributed by atoms with E-state index in [0.29, 0.717) is 13.2 Å². The van der Waals surface area contributed by atoms with Crippen LogP contribution >= 0.6 is 0 Å². The van der Waals surface area contributed by atoms with E-state index < -0.39 is 0 Å². The van der Waals surface area contributed by atoms with Crippen LogP contribution in [0, 0.1) is 0 Å². The lowest BCUT2D eigenvalue weighted by Crippen LogP contribution is -2.45. The first-order chi connectivity index (χ1) is 7.17. The largest absolute Gasteiger partial charge is 0.383 e. The number of hydrogen-bond donors (Lipinski definition) is 1. The smallest absolute Gasteiger partial charge is 0.236 e. The number of nitrogens with zero attached hydrogens (tertiary/aromatic N) is 1. The van der Waals surface area contributed by atoms with E-state index in [2.05, 4.69) is 12.2 Å². The molecule has 0 spiro atoms. The van der Waals surface area contributed by atoms with Gasteiger partial charge in [-0.3, -0.25) is 4.79 Å². The molecule has 1 N–H and O–H groups in total. The van der Waals surface area contributed by atoms with E-state index in [1.165, 1.54) is 0 Å². The number of methoxy groups -OCH3 is 1. The van der Waals surface area contributed by atoms with Crippen molar-refractivity contribution < 1.29 is 9.53 Å². The van der Waals surface area contributed by atoms with Crippen LogP contribution in [0.15, 0.2) is 0 Å². The highest BCUT2D eigenvalue weighted by Crippen LogP contribution is 1.99. The number of hydrogen-bond acceptors (Lipinski definition) is 3. The fourth-order valence-electron chi connectivity index (χ4n) is 1.54. The Bertz CT molecular complexity index is 174. The van der Waals surface area contributed by atoms with Crippen LogP contribution in [0.4, 0.5) is 0 Å². The Labute approximate surface area is 93.0 Å². The van der Waals surface area contributed by atoms with Gasteiger partial charge in [0.2, 0.25) is 5.91 Å². The monoisotopic (exact) mass is 216 g/mol. The van der Waals surface area contributed by atoms with Crippen molar-refractivity contribution in [2.75, 3.05) is 33.4 Å². The summed E-state index contributed by atoms with van der Waals surface area (Å²) in [6.45, 7) is 8.72. The van der Waals surface area contributed by atoms with Crippen molar-refractivity contribution in [3.63, 3.8) is 0 Å². The van der Waals surface area contributed by atoms with Crippen molar-refractivity contribution in [2.45, 2.75) is 33.2 Å². The van der Waals surface area contributed by atoms with Gasteiger partial charge in [-0.2, -0.15) is 0 Å². The molecule has 0 saturated carbocycles. The van der Waals surface area contributed by atoms with Crippen LogP contribution in [0.1, 0.15) is 27.2 Å². The molecule has 15 heavy (non-hydrogen) atoms. The Hall–Kier alpha value is -0.610. The topological polar surface area (TPSA) is 41.6 Å². The maximum absolute atomic E-state index is 11.8. The van der Waals surface area contributed by atoms with Crippen molar-refractivity contribution >= 4 is 5.91 Å². The minimum atomic E-state index is 0.149. The molecule has 90 valence electrons. The predicted octanol–water partition coefficient (Wildman–Crippen LogP) is 0.869. The van der Waals surface area contributed by atoms with Crippen LogP contribution in [0.25, 0.3) is 0 Å². The molecule has 0 aliphatic carbocycles. The molecule has 1 unspecified atom stereocenters. The molecule has 0 aliphatic rings. The molecule has 0 aromatic rings.